The third kappa shape index (κ3) is 4.89. The highest BCUT2D eigenvalue weighted by Gasteiger charge is 2.21. The van der Waals surface area contributed by atoms with Crippen LogP contribution in [0, 0.1) is 13.8 Å². The van der Waals surface area contributed by atoms with Crippen LogP contribution in [0.3, 0.4) is 0 Å². The highest BCUT2D eigenvalue weighted by atomic mass is 16.3. The number of para-hydroxylation sites is 1. The van der Waals surface area contributed by atoms with Crippen molar-refractivity contribution < 1.29 is 4.42 Å². The maximum atomic E-state index is 6.32. The first-order valence-corrected chi connectivity index (χ1v) is 17.5. The Bertz CT molecular complexity index is 2860. The molecule has 3 aromatic heterocycles. The zero-order chi connectivity index (χ0) is 34.8. The number of benzene rings is 7. The van der Waals surface area contributed by atoms with Crippen LogP contribution in [0.25, 0.3) is 94.7 Å². The first-order valence-electron chi connectivity index (χ1n) is 17.5. The van der Waals surface area contributed by atoms with Crippen LogP contribution in [-0.2, 0) is 0 Å². The smallest absolute Gasteiger partial charge is 0.166 e. The Labute approximate surface area is 300 Å². The minimum absolute atomic E-state index is 0.600. The van der Waals surface area contributed by atoms with Gasteiger partial charge in [0.05, 0.1) is 16.7 Å². The summed E-state index contributed by atoms with van der Waals surface area (Å²) in [5, 5.41) is 4.61. The molecule has 0 fully saturated rings. The highest BCUT2D eigenvalue weighted by molar-refractivity contribution is 6.13. The number of aromatic nitrogens is 4. The van der Waals surface area contributed by atoms with Gasteiger partial charge in [-0.25, -0.2) is 15.0 Å². The molecule has 0 N–H and O–H groups in total. The summed E-state index contributed by atoms with van der Waals surface area (Å²) in [6.07, 6.45) is 0. The molecule has 5 heteroatoms. The Hall–Kier alpha value is -6.85. The van der Waals surface area contributed by atoms with E-state index in [0.717, 1.165) is 66.5 Å². The van der Waals surface area contributed by atoms with E-state index in [0.29, 0.717) is 17.5 Å². The molecule has 0 amide bonds. The average Bonchev–Trinajstić information content (AvgIpc) is 3.73. The van der Waals surface area contributed by atoms with Gasteiger partial charge < -0.3 is 8.98 Å². The molecule has 0 atom stereocenters. The Morgan fingerprint density at radius 2 is 1.00 bits per heavy atom. The summed E-state index contributed by atoms with van der Waals surface area (Å²) < 4.78 is 8.69. The molecule has 0 bridgehead atoms. The molecule has 0 aliphatic heterocycles. The monoisotopic (exact) mass is 668 g/mol. The van der Waals surface area contributed by atoms with E-state index in [1.165, 1.54) is 21.9 Å². The normalized spacial score (nSPS) is 11.7. The average molecular weight is 669 g/mol. The molecule has 0 spiro atoms. The van der Waals surface area contributed by atoms with Gasteiger partial charge in [0.2, 0.25) is 0 Å². The second-order valence-electron chi connectivity index (χ2n) is 13.4. The number of hydrogen-bond donors (Lipinski definition) is 0. The summed E-state index contributed by atoms with van der Waals surface area (Å²) in [6.45, 7) is 4.31. The Kier molecular flexibility index (Phi) is 6.86. The Balaban J connectivity index is 1.31. The van der Waals surface area contributed by atoms with E-state index in [-0.39, 0.29) is 0 Å². The van der Waals surface area contributed by atoms with Gasteiger partial charge in [0.25, 0.3) is 0 Å². The van der Waals surface area contributed by atoms with Crippen LogP contribution < -0.4 is 0 Å². The lowest BCUT2D eigenvalue weighted by atomic mass is 9.96. The Morgan fingerprint density at radius 3 is 1.65 bits per heavy atom. The number of rotatable bonds is 5. The van der Waals surface area contributed by atoms with Gasteiger partial charge in [-0.3, -0.25) is 0 Å². The molecule has 0 saturated heterocycles. The van der Waals surface area contributed by atoms with Crippen LogP contribution in [0.2, 0.25) is 0 Å². The number of hydrogen-bond acceptors (Lipinski definition) is 4. The van der Waals surface area contributed by atoms with Crippen molar-refractivity contribution in [3.8, 4) is 51.0 Å². The third-order valence-corrected chi connectivity index (χ3v) is 9.97. The van der Waals surface area contributed by atoms with Crippen molar-refractivity contribution in [2.75, 3.05) is 0 Å². The van der Waals surface area contributed by atoms with Crippen molar-refractivity contribution in [2.24, 2.45) is 0 Å². The SMILES string of the molecule is Cc1ccc2c(c1)c1cc(C)ccc1n2-c1ccc(-c2cccc3oc4ccccc4c23)cc1-c1nc(-c2ccccc2)nc(-c2ccccc2)n1. The van der Waals surface area contributed by atoms with Gasteiger partial charge >= 0.3 is 0 Å². The Morgan fingerprint density at radius 1 is 0.423 bits per heavy atom. The molecule has 52 heavy (non-hydrogen) atoms. The van der Waals surface area contributed by atoms with E-state index in [1.54, 1.807) is 0 Å². The number of fused-ring (bicyclic) bond motifs is 6. The van der Waals surface area contributed by atoms with Gasteiger partial charge in [0, 0.05) is 38.2 Å². The lowest BCUT2D eigenvalue weighted by molar-refractivity contribution is 0.669. The maximum absolute atomic E-state index is 6.32. The minimum Gasteiger partial charge on any atom is -0.456 e. The van der Waals surface area contributed by atoms with Crippen molar-refractivity contribution in [1.82, 2.24) is 19.5 Å². The van der Waals surface area contributed by atoms with E-state index in [9.17, 15) is 0 Å². The number of nitrogens with zero attached hydrogens (tertiary/aromatic N) is 4. The largest absolute Gasteiger partial charge is 0.456 e. The van der Waals surface area contributed by atoms with Crippen molar-refractivity contribution in [1.29, 1.82) is 0 Å². The van der Waals surface area contributed by atoms with Gasteiger partial charge in [-0.05, 0) is 73.5 Å². The predicted molar refractivity (Wildman–Crippen MR) is 213 cm³/mol. The van der Waals surface area contributed by atoms with E-state index in [2.05, 4.69) is 97.3 Å². The van der Waals surface area contributed by atoms with Crippen molar-refractivity contribution in [3.05, 3.63) is 169 Å². The molecular weight excluding hydrogens is 637 g/mol. The minimum atomic E-state index is 0.600. The van der Waals surface area contributed by atoms with E-state index in [4.69, 9.17) is 19.4 Å². The van der Waals surface area contributed by atoms with Gasteiger partial charge in [-0.15, -0.1) is 0 Å². The third-order valence-electron chi connectivity index (χ3n) is 9.97. The molecule has 10 aromatic rings. The molecule has 3 heterocycles. The van der Waals surface area contributed by atoms with Crippen LogP contribution in [0.5, 0.6) is 0 Å². The van der Waals surface area contributed by atoms with Crippen LogP contribution in [0.1, 0.15) is 11.1 Å². The zero-order valence-corrected chi connectivity index (χ0v) is 28.7. The zero-order valence-electron chi connectivity index (χ0n) is 28.7. The quantitative estimate of drug-likeness (QED) is 0.183. The molecule has 0 aliphatic rings. The summed E-state index contributed by atoms with van der Waals surface area (Å²) in [5.41, 5.74) is 12.3. The first kappa shape index (κ1) is 30.0. The molecule has 0 aliphatic carbocycles. The van der Waals surface area contributed by atoms with Crippen molar-refractivity contribution in [2.45, 2.75) is 13.8 Å². The van der Waals surface area contributed by atoms with Gasteiger partial charge in [0.1, 0.15) is 11.2 Å². The molecule has 5 nitrogen and oxygen atoms in total. The standard InChI is InChI=1S/C47H32N4O/c1-29-20-23-39-36(26-29)37-27-30(2)21-24-40(37)51(39)41-25-22-33(34-17-11-19-43-44(34)35-16-9-10-18-42(35)52-43)28-38(41)47-49-45(31-12-5-3-6-13-31)48-46(50-47)32-14-7-4-8-15-32/h3-28H,1-2H3. The van der Waals surface area contributed by atoms with E-state index < -0.39 is 0 Å². The molecule has 0 unspecified atom stereocenters. The maximum Gasteiger partial charge on any atom is 0.166 e. The topological polar surface area (TPSA) is 56.7 Å². The molecule has 7 aromatic carbocycles. The fraction of sp³-hybridized carbons (Fsp3) is 0.0426. The van der Waals surface area contributed by atoms with E-state index in [1.807, 2.05) is 78.9 Å². The van der Waals surface area contributed by atoms with E-state index >= 15 is 0 Å². The molecule has 0 radical (unpaired) electrons. The van der Waals surface area contributed by atoms with Crippen LogP contribution in [-0.4, -0.2) is 19.5 Å². The summed E-state index contributed by atoms with van der Waals surface area (Å²) in [6, 6.07) is 54.9. The van der Waals surface area contributed by atoms with Gasteiger partial charge in [-0.1, -0.05) is 120 Å². The lowest BCUT2D eigenvalue weighted by Crippen LogP contribution is -2.04. The number of furan rings is 1. The second kappa shape index (κ2) is 11.9. The van der Waals surface area contributed by atoms with Gasteiger partial charge in [0.15, 0.2) is 17.5 Å². The molecular formula is C47H32N4O. The summed E-state index contributed by atoms with van der Waals surface area (Å²) >= 11 is 0. The summed E-state index contributed by atoms with van der Waals surface area (Å²) in [5.74, 6) is 1.84. The first-order chi connectivity index (χ1) is 25.6. The van der Waals surface area contributed by atoms with Crippen molar-refractivity contribution in [3.63, 3.8) is 0 Å². The predicted octanol–water partition coefficient (Wildman–Crippen LogP) is 12.2. The lowest BCUT2D eigenvalue weighted by Gasteiger charge is -2.16. The fourth-order valence-corrected chi connectivity index (χ4v) is 7.53. The van der Waals surface area contributed by atoms with Gasteiger partial charge in [-0.2, -0.15) is 0 Å². The fourth-order valence-electron chi connectivity index (χ4n) is 7.53. The molecule has 10 rings (SSSR count). The highest BCUT2D eigenvalue weighted by Crippen LogP contribution is 2.41. The number of aryl methyl sites for hydroxylation is 2. The summed E-state index contributed by atoms with van der Waals surface area (Å²) in [7, 11) is 0. The van der Waals surface area contributed by atoms with Crippen LogP contribution in [0.4, 0.5) is 0 Å². The van der Waals surface area contributed by atoms with Crippen LogP contribution in [0.15, 0.2) is 162 Å². The van der Waals surface area contributed by atoms with Crippen LogP contribution >= 0.6 is 0 Å². The molecule has 246 valence electrons. The second-order valence-corrected chi connectivity index (χ2v) is 13.4. The van der Waals surface area contributed by atoms with Crippen molar-refractivity contribution >= 4 is 43.7 Å². The summed E-state index contributed by atoms with van der Waals surface area (Å²) in [4.78, 5) is 15.5. The molecule has 0 saturated carbocycles.